The van der Waals surface area contributed by atoms with Gasteiger partial charge in [0, 0.05) is 25.2 Å². The molecule has 4 nitrogen and oxygen atoms in total. The number of nitrogens with zero attached hydrogens (tertiary/aromatic N) is 2. The van der Waals surface area contributed by atoms with E-state index in [1.54, 1.807) is 36.2 Å². The molecule has 0 aliphatic carbocycles. The first-order valence-corrected chi connectivity index (χ1v) is 6.28. The third-order valence-electron chi connectivity index (χ3n) is 3.26. The van der Waals surface area contributed by atoms with E-state index in [2.05, 4.69) is 6.07 Å². The van der Waals surface area contributed by atoms with Crippen molar-refractivity contribution in [3.8, 4) is 6.07 Å². The second-order valence-corrected chi connectivity index (χ2v) is 5.79. The first-order chi connectivity index (χ1) is 8.75. The minimum absolute atomic E-state index is 0.0212. The van der Waals surface area contributed by atoms with Crippen molar-refractivity contribution < 1.29 is 4.79 Å². The Bertz CT molecular complexity index is 480. The largest absolute Gasteiger partial charge is 0.327 e. The molecule has 1 aromatic rings. The molecule has 19 heavy (non-hydrogen) atoms. The van der Waals surface area contributed by atoms with E-state index in [1.807, 2.05) is 20.8 Å². The fraction of sp³-hybridized carbons (Fsp3) is 0.467. The van der Waals surface area contributed by atoms with Crippen LogP contribution in [-0.2, 0) is 4.79 Å². The SMILES string of the molecule is CN(C(=O)CC(N)C(C)(C)C)c1ccc(C#N)cc1. The zero-order valence-electron chi connectivity index (χ0n) is 12.0. The third-order valence-corrected chi connectivity index (χ3v) is 3.26. The van der Waals surface area contributed by atoms with Crippen molar-refractivity contribution in [3.63, 3.8) is 0 Å². The summed E-state index contributed by atoms with van der Waals surface area (Å²) in [5.41, 5.74) is 7.27. The fourth-order valence-corrected chi connectivity index (χ4v) is 1.53. The van der Waals surface area contributed by atoms with Crippen molar-refractivity contribution in [1.82, 2.24) is 0 Å². The number of hydrogen-bond donors (Lipinski definition) is 1. The lowest BCUT2D eigenvalue weighted by atomic mass is 9.85. The lowest BCUT2D eigenvalue weighted by Gasteiger charge is -2.28. The van der Waals surface area contributed by atoms with Gasteiger partial charge in [-0.25, -0.2) is 0 Å². The first kappa shape index (κ1) is 15.2. The predicted molar refractivity (Wildman–Crippen MR) is 76.6 cm³/mol. The maximum atomic E-state index is 12.1. The molecule has 0 bridgehead atoms. The molecule has 2 N–H and O–H groups in total. The Kier molecular flexibility index (Phi) is 4.68. The van der Waals surface area contributed by atoms with E-state index in [9.17, 15) is 4.79 Å². The molecule has 0 fully saturated rings. The van der Waals surface area contributed by atoms with Crippen LogP contribution < -0.4 is 10.6 Å². The van der Waals surface area contributed by atoms with Crippen LogP contribution in [0, 0.1) is 16.7 Å². The summed E-state index contributed by atoms with van der Waals surface area (Å²) in [5, 5.41) is 8.74. The predicted octanol–water partition coefficient (Wildman–Crippen LogP) is 2.28. The zero-order chi connectivity index (χ0) is 14.6. The normalized spacial score (nSPS) is 12.6. The highest BCUT2D eigenvalue weighted by atomic mass is 16.2. The molecule has 0 heterocycles. The van der Waals surface area contributed by atoms with E-state index >= 15 is 0 Å². The average molecular weight is 259 g/mol. The fourth-order valence-electron chi connectivity index (χ4n) is 1.53. The second-order valence-electron chi connectivity index (χ2n) is 5.79. The van der Waals surface area contributed by atoms with Crippen LogP contribution in [0.4, 0.5) is 5.69 Å². The number of nitrogens with two attached hydrogens (primary N) is 1. The molecule has 0 radical (unpaired) electrons. The van der Waals surface area contributed by atoms with Crippen molar-refractivity contribution in [3.05, 3.63) is 29.8 Å². The van der Waals surface area contributed by atoms with Gasteiger partial charge in [-0.1, -0.05) is 20.8 Å². The van der Waals surface area contributed by atoms with Crippen LogP contribution in [0.2, 0.25) is 0 Å². The summed E-state index contributed by atoms with van der Waals surface area (Å²) >= 11 is 0. The highest BCUT2D eigenvalue weighted by Gasteiger charge is 2.24. The molecule has 0 spiro atoms. The molecular formula is C15H21N3O. The average Bonchev–Trinajstić information content (AvgIpc) is 2.36. The first-order valence-electron chi connectivity index (χ1n) is 6.28. The van der Waals surface area contributed by atoms with Gasteiger partial charge in [-0.05, 0) is 29.7 Å². The van der Waals surface area contributed by atoms with Gasteiger partial charge >= 0.3 is 0 Å². The maximum Gasteiger partial charge on any atom is 0.228 e. The van der Waals surface area contributed by atoms with E-state index in [-0.39, 0.29) is 17.4 Å². The number of nitriles is 1. The molecule has 1 unspecified atom stereocenters. The number of carbonyl (C=O) groups is 1. The number of rotatable bonds is 3. The highest BCUT2D eigenvalue weighted by molar-refractivity contribution is 5.93. The van der Waals surface area contributed by atoms with Gasteiger partial charge in [0.05, 0.1) is 11.6 Å². The molecule has 1 amide bonds. The van der Waals surface area contributed by atoms with Gasteiger partial charge in [0.15, 0.2) is 0 Å². The highest BCUT2D eigenvalue weighted by Crippen LogP contribution is 2.22. The maximum absolute atomic E-state index is 12.1. The topological polar surface area (TPSA) is 70.1 Å². The second kappa shape index (κ2) is 5.85. The molecule has 0 saturated heterocycles. The van der Waals surface area contributed by atoms with Crippen molar-refractivity contribution in [2.24, 2.45) is 11.1 Å². The van der Waals surface area contributed by atoms with Gasteiger partial charge < -0.3 is 10.6 Å². The van der Waals surface area contributed by atoms with Crippen molar-refractivity contribution in [2.75, 3.05) is 11.9 Å². The van der Waals surface area contributed by atoms with Crippen LogP contribution in [0.5, 0.6) is 0 Å². The number of benzene rings is 1. The van der Waals surface area contributed by atoms with Gasteiger partial charge in [0.25, 0.3) is 0 Å². The summed E-state index contributed by atoms with van der Waals surface area (Å²) < 4.78 is 0. The van der Waals surface area contributed by atoms with E-state index in [4.69, 9.17) is 11.0 Å². The Balaban J connectivity index is 2.74. The number of hydrogen-bond acceptors (Lipinski definition) is 3. The lowest BCUT2D eigenvalue weighted by Crippen LogP contribution is -2.40. The quantitative estimate of drug-likeness (QED) is 0.905. The molecular weight excluding hydrogens is 238 g/mol. The van der Waals surface area contributed by atoms with Crippen LogP contribution in [0.1, 0.15) is 32.8 Å². The standard InChI is InChI=1S/C15H21N3O/c1-15(2,3)13(17)9-14(19)18(4)12-7-5-11(10-16)6-8-12/h5-8,13H,9,17H2,1-4H3. The monoisotopic (exact) mass is 259 g/mol. The smallest absolute Gasteiger partial charge is 0.228 e. The van der Waals surface area contributed by atoms with E-state index in [0.717, 1.165) is 5.69 Å². The van der Waals surface area contributed by atoms with Gasteiger partial charge in [0.2, 0.25) is 5.91 Å². The van der Waals surface area contributed by atoms with Crippen LogP contribution in [-0.4, -0.2) is 19.0 Å². The third kappa shape index (κ3) is 4.08. The van der Waals surface area contributed by atoms with Crippen LogP contribution in [0.25, 0.3) is 0 Å². The molecule has 1 aromatic carbocycles. The summed E-state index contributed by atoms with van der Waals surface area (Å²) in [7, 11) is 1.72. The van der Waals surface area contributed by atoms with Crippen molar-refractivity contribution in [2.45, 2.75) is 33.2 Å². The van der Waals surface area contributed by atoms with Gasteiger partial charge in [0.1, 0.15) is 0 Å². The number of carbonyl (C=O) groups excluding carboxylic acids is 1. The zero-order valence-corrected chi connectivity index (χ0v) is 12.0. The van der Waals surface area contributed by atoms with E-state index < -0.39 is 0 Å². The Morgan fingerprint density at radius 3 is 2.32 bits per heavy atom. The number of anilines is 1. The van der Waals surface area contributed by atoms with Gasteiger partial charge in [-0.3, -0.25) is 4.79 Å². The number of amides is 1. The van der Waals surface area contributed by atoms with Crippen molar-refractivity contribution >= 4 is 11.6 Å². The minimum atomic E-state index is -0.180. The van der Waals surface area contributed by atoms with Crippen LogP contribution in [0.3, 0.4) is 0 Å². The Hall–Kier alpha value is -1.86. The lowest BCUT2D eigenvalue weighted by molar-refractivity contribution is -0.119. The Morgan fingerprint density at radius 1 is 1.37 bits per heavy atom. The molecule has 1 rings (SSSR count). The van der Waals surface area contributed by atoms with Gasteiger partial charge in [-0.15, -0.1) is 0 Å². The van der Waals surface area contributed by atoms with Crippen LogP contribution in [0.15, 0.2) is 24.3 Å². The Morgan fingerprint density at radius 2 is 1.89 bits per heavy atom. The molecule has 0 aliphatic rings. The Labute approximate surface area is 114 Å². The molecule has 4 heteroatoms. The summed E-state index contributed by atoms with van der Waals surface area (Å²) in [5.74, 6) is -0.0212. The summed E-state index contributed by atoms with van der Waals surface area (Å²) in [6.45, 7) is 6.06. The molecule has 0 aliphatic heterocycles. The summed E-state index contributed by atoms with van der Waals surface area (Å²) in [6.07, 6.45) is 0.306. The molecule has 1 atom stereocenters. The minimum Gasteiger partial charge on any atom is -0.327 e. The van der Waals surface area contributed by atoms with Crippen LogP contribution >= 0.6 is 0 Å². The molecule has 102 valence electrons. The molecule has 0 aromatic heterocycles. The van der Waals surface area contributed by atoms with Gasteiger partial charge in [-0.2, -0.15) is 5.26 Å². The summed E-state index contributed by atoms with van der Waals surface area (Å²) in [4.78, 5) is 13.7. The van der Waals surface area contributed by atoms with E-state index in [1.165, 1.54) is 0 Å². The molecule has 0 saturated carbocycles. The summed E-state index contributed by atoms with van der Waals surface area (Å²) in [6, 6.07) is 8.79. The van der Waals surface area contributed by atoms with Crippen molar-refractivity contribution in [1.29, 1.82) is 5.26 Å². The van der Waals surface area contributed by atoms with E-state index in [0.29, 0.717) is 12.0 Å².